The summed E-state index contributed by atoms with van der Waals surface area (Å²) in [6.07, 6.45) is -0.579. The van der Waals surface area contributed by atoms with Crippen LogP contribution in [-0.2, 0) is 22.2 Å². The summed E-state index contributed by atoms with van der Waals surface area (Å²) in [6.45, 7) is 15.1. The van der Waals surface area contributed by atoms with Gasteiger partial charge in [-0.1, -0.05) is 53.5 Å². The van der Waals surface area contributed by atoms with E-state index >= 15 is 0 Å². The highest BCUT2D eigenvalue weighted by Crippen LogP contribution is 2.45. The van der Waals surface area contributed by atoms with Crippen molar-refractivity contribution in [2.24, 2.45) is 0 Å². The van der Waals surface area contributed by atoms with Crippen LogP contribution in [0.2, 0.25) is 16.6 Å². The van der Waals surface area contributed by atoms with Gasteiger partial charge in [0.2, 0.25) is 0 Å². The van der Waals surface area contributed by atoms with Crippen molar-refractivity contribution in [3.05, 3.63) is 41.1 Å². The molecule has 0 spiro atoms. The summed E-state index contributed by atoms with van der Waals surface area (Å²) in [7, 11) is -2.17. The number of alkyl halides is 3. The van der Waals surface area contributed by atoms with Gasteiger partial charge < -0.3 is 9.47 Å². The van der Waals surface area contributed by atoms with E-state index < -0.39 is 19.8 Å². The van der Waals surface area contributed by atoms with Gasteiger partial charge in [0.25, 0.3) is 0 Å². The zero-order valence-corrected chi connectivity index (χ0v) is 23.8. The van der Waals surface area contributed by atoms with Crippen molar-refractivity contribution in [1.29, 1.82) is 0 Å². The first-order chi connectivity index (χ1) is 17.4. The number of halogens is 3. The van der Waals surface area contributed by atoms with Crippen LogP contribution in [0.25, 0.3) is 11.3 Å². The van der Waals surface area contributed by atoms with Gasteiger partial charge in [0.15, 0.2) is 0 Å². The largest absolute Gasteiger partial charge is 0.417 e. The maximum absolute atomic E-state index is 14.3. The molecule has 0 amide bonds. The van der Waals surface area contributed by atoms with Crippen molar-refractivity contribution in [2.45, 2.75) is 95.8 Å². The molecule has 0 radical (unpaired) electrons. The maximum atomic E-state index is 14.3. The molecule has 37 heavy (non-hydrogen) atoms. The molecule has 1 atom stereocenters. The molecule has 4 nitrogen and oxygen atoms in total. The van der Waals surface area contributed by atoms with Gasteiger partial charge in [-0.2, -0.15) is 18.3 Å². The molecule has 0 N–H and O–H groups in total. The van der Waals surface area contributed by atoms with Gasteiger partial charge >= 0.3 is 6.18 Å². The lowest BCUT2D eigenvalue weighted by atomic mass is 9.99. The van der Waals surface area contributed by atoms with Crippen molar-refractivity contribution in [3.8, 4) is 22.7 Å². The SMILES string of the molecule is CC(C)[Si](C#Cc1ccc(-c2nn(C[C@H]3COCCO3)cc2C2CC2)cc1C(F)(F)F)(C(C)C)C(C)C. The first-order valence-corrected chi connectivity index (χ1v) is 15.7. The summed E-state index contributed by atoms with van der Waals surface area (Å²) in [5.74, 6) is 3.37. The van der Waals surface area contributed by atoms with Crippen molar-refractivity contribution in [3.63, 3.8) is 0 Å². The zero-order valence-electron chi connectivity index (χ0n) is 22.8. The summed E-state index contributed by atoms with van der Waals surface area (Å²) in [4.78, 5) is 0. The normalized spacial score (nSPS) is 19.0. The number of nitrogens with zero attached hydrogens (tertiary/aromatic N) is 2. The number of aromatic nitrogens is 2. The minimum Gasteiger partial charge on any atom is -0.376 e. The molecule has 8 heteroatoms. The second-order valence-electron chi connectivity index (χ2n) is 11.4. The smallest absolute Gasteiger partial charge is 0.376 e. The Morgan fingerprint density at radius 1 is 1.05 bits per heavy atom. The number of hydrogen-bond donors (Lipinski definition) is 0. The third kappa shape index (κ3) is 5.99. The quantitative estimate of drug-likeness (QED) is 0.275. The molecule has 0 bridgehead atoms. The van der Waals surface area contributed by atoms with Gasteiger partial charge in [-0.15, -0.1) is 5.54 Å². The molecular weight excluding hydrogens is 493 g/mol. The highest BCUT2D eigenvalue weighted by atomic mass is 28.3. The molecular formula is C29H39F3N2O2Si. The van der Waals surface area contributed by atoms with Crippen LogP contribution < -0.4 is 0 Å². The molecule has 1 aliphatic heterocycles. The molecule has 1 aliphatic carbocycles. The molecule has 202 valence electrons. The van der Waals surface area contributed by atoms with Crippen molar-refractivity contribution >= 4 is 8.07 Å². The van der Waals surface area contributed by atoms with E-state index in [2.05, 4.69) is 53.0 Å². The minimum atomic E-state index is -4.51. The Morgan fingerprint density at radius 2 is 1.73 bits per heavy atom. The van der Waals surface area contributed by atoms with Crippen LogP contribution in [0, 0.1) is 11.5 Å². The second kappa shape index (κ2) is 11.0. The molecule has 1 saturated carbocycles. The number of ether oxygens (including phenoxy) is 2. The molecule has 2 aliphatic rings. The van der Waals surface area contributed by atoms with Crippen LogP contribution in [0.3, 0.4) is 0 Å². The Kier molecular flexibility index (Phi) is 8.27. The first-order valence-electron chi connectivity index (χ1n) is 13.4. The average Bonchev–Trinajstić information content (AvgIpc) is 3.59. The summed E-state index contributed by atoms with van der Waals surface area (Å²) in [5, 5.41) is 4.73. The topological polar surface area (TPSA) is 36.3 Å². The Hall–Kier alpha value is -2.08. The van der Waals surface area contributed by atoms with E-state index in [9.17, 15) is 13.2 Å². The molecule has 2 heterocycles. The Balaban J connectivity index is 1.74. The fourth-order valence-electron chi connectivity index (χ4n) is 5.94. The van der Waals surface area contributed by atoms with E-state index in [0.29, 0.717) is 60.2 Å². The molecule has 2 aromatic rings. The zero-order chi connectivity index (χ0) is 27.0. The van der Waals surface area contributed by atoms with E-state index in [1.54, 1.807) is 16.8 Å². The summed E-state index contributed by atoms with van der Waals surface area (Å²) in [5.41, 5.74) is 5.97. The van der Waals surface area contributed by atoms with Crippen LogP contribution in [0.15, 0.2) is 24.4 Å². The third-order valence-corrected chi connectivity index (χ3v) is 14.3. The highest BCUT2D eigenvalue weighted by Gasteiger charge is 2.42. The first kappa shape index (κ1) is 27.9. The highest BCUT2D eigenvalue weighted by molar-refractivity contribution is 6.90. The number of hydrogen-bond acceptors (Lipinski definition) is 3. The summed E-state index contributed by atoms with van der Waals surface area (Å²) >= 11 is 0. The summed E-state index contributed by atoms with van der Waals surface area (Å²) < 4.78 is 56.0. The van der Waals surface area contributed by atoms with Crippen LogP contribution in [-0.4, -0.2) is 43.8 Å². The standard InChI is InChI=1S/C29H39F3N2O2Si/c1-19(2)37(20(3)4,21(5)6)14-11-23-9-10-24(15-27(23)29(30,31)32)28-26(22-7-8-22)17-34(33-28)16-25-18-35-12-13-36-25/h9-10,15,17,19-22,25H,7-8,12-13,16,18H2,1-6H3/t25-/m0/s1. The minimum absolute atomic E-state index is 0.0511. The van der Waals surface area contributed by atoms with Gasteiger partial charge in [-0.3, -0.25) is 4.68 Å². The third-order valence-electron chi connectivity index (χ3n) is 7.96. The number of benzene rings is 1. The maximum Gasteiger partial charge on any atom is 0.417 e. The molecule has 2 fully saturated rings. The van der Waals surface area contributed by atoms with Gasteiger partial charge in [0.1, 0.15) is 14.2 Å². The predicted molar refractivity (Wildman–Crippen MR) is 143 cm³/mol. The van der Waals surface area contributed by atoms with Crippen molar-refractivity contribution < 1.29 is 22.6 Å². The monoisotopic (exact) mass is 532 g/mol. The molecule has 0 unspecified atom stereocenters. The van der Waals surface area contributed by atoms with Crippen LogP contribution in [0.5, 0.6) is 0 Å². The van der Waals surface area contributed by atoms with E-state index in [0.717, 1.165) is 18.4 Å². The molecule has 1 saturated heterocycles. The van der Waals surface area contributed by atoms with Crippen LogP contribution in [0.1, 0.15) is 77.0 Å². The van der Waals surface area contributed by atoms with Crippen molar-refractivity contribution in [1.82, 2.24) is 9.78 Å². The fraction of sp³-hybridized carbons (Fsp3) is 0.621. The second-order valence-corrected chi connectivity index (χ2v) is 17.0. The van der Waals surface area contributed by atoms with Gasteiger partial charge in [-0.25, -0.2) is 0 Å². The Labute approximate surface area is 219 Å². The lowest BCUT2D eigenvalue weighted by Gasteiger charge is -2.38. The Bertz CT molecular complexity index is 1130. The van der Waals surface area contributed by atoms with E-state index in [1.165, 1.54) is 6.07 Å². The van der Waals surface area contributed by atoms with E-state index in [1.807, 2.05) is 6.20 Å². The molecule has 4 rings (SSSR count). The van der Waals surface area contributed by atoms with Crippen molar-refractivity contribution in [2.75, 3.05) is 19.8 Å². The van der Waals surface area contributed by atoms with E-state index in [-0.39, 0.29) is 11.7 Å². The fourth-order valence-corrected chi connectivity index (χ4v) is 11.2. The van der Waals surface area contributed by atoms with Crippen LogP contribution in [0.4, 0.5) is 13.2 Å². The van der Waals surface area contributed by atoms with Gasteiger partial charge in [0.05, 0.1) is 37.6 Å². The van der Waals surface area contributed by atoms with Gasteiger partial charge in [0, 0.05) is 22.9 Å². The molecule has 1 aromatic carbocycles. The van der Waals surface area contributed by atoms with Gasteiger partial charge in [-0.05, 0) is 47.5 Å². The number of rotatable bonds is 7. The molecule has 1 aromatic heterocycles. The summed E-state index contributed by atoms with van der Waals surface area (Å²) in [6, 6.07) is 4.53. The van der Waals surface area contributed by atoms with E-state index in [4.69, 9.17) is 14.6 Å². The lowest BCUT2D eigenvalue weighted by Crippen LogP contribution is -2.43. The Morgan fingerprint density at radius 3 is 2.27 bits per heavy atom. The average molecular weight is 533 g/mol. The lowest BCUT2D eigenvalue weighted by molar-refractivity contribution is -0.137. The predicted octanol–water partition coefficient (Wildman–Crippen LogP) is 7.43. The van der Waals surface area contributed by atoms with Crippen LogP contribution >= 0.6 is 0 Å².